The number of para-hydroxylation sites is 1. The van der Waals surface area contributed by atoms with E-state index in [0.29, 0.717) is 5.92 Å². The second kappa shape index (κ2) is 7.39. The van der Waals surface area contributed by atoms with E-state index in [1.165, 1.54) is 22.2 Å². The van der Waals surface area contributed by atoms with Crippen molar-refractivity contribution in [2.24, 2.45) is 0 Å². The predicted molar refractivity (Wildman–Crippen MR) is 105 cm³/mol. The molecule has 0 unspecified atom stereocenters. The molecule has 0 bridgehead atoms. The quantitative estimate of drug-likeness (QED) is 0.599. The molecule has 0 aliphatic carbocycles. The number of phenols is 1. The lowest BCUT2D eigenvalue weighted by atomic mass is 10.00. The van der Waals surface area contributed by atoms with Gasteiger partial charge in [-0.3, -0.25) is 0 Å². The van der Waals surface area contributed by atoms with Gasteiger partial charge in [0.25, 0.3) is 0 Å². The fraction of sp³-hybridized carbons (Fsp3) is 0.273. The number of hydrogen-bond acceptors (Lipinski definition) is 1. The maximum absolute atomic E-state index is 9.48. The van der Waals surface area contributed by atoms with Gasteiger partial charge in [-0.15, -0.1) is 0 Å². The number of fused-ring (bicyclic) bond motifs is 1. The summed E-state index contributed by atoms with van der Waals surface area (Å²) in [6.45, 7) is 14.9. The second-order valence-electron chi connectivity index (χ2n) is 6.00. The highest BCUT2D eigenvalue weighted by Crippen LogP contribution is 2.34. The van der Waals surface area contributed by atoms with Gasteiger partial charge in [-0.25, -0.2) is 0 Å². The molecular weight excluding hydrogens is 294 g/mol. The van der Waals surface area contributed by atoms with Crippen LogP contribution < -0.4 is 0 Å². The van der Waals surface area contributed by atoms with Gasteiger partial charge in [0.05, 0.1) is 5.52 Å². The third-order valence-corrected chi connectivity index (χ3v) is 4.21. The normalized spacial score (nSPS) is 10.6. The van der Waals surface area contributed by atoms with Crippen LogP contribution >= 0.6 is 0 Å². The topological polar surface area (TPSA) is 25.2 Å². The number of benzene rings is 2. The van der Waals surface area contributed by atoms with Crippen molar-refractivity contribution in [3.63, 3.8) is 0 Å². The molecule has 0 saturated carbocycles. The molecule has 3 aromatic rings. The molecule has 24 heavy (non-hydrogen) atoms. The zero-order chi connectivity index (χ0) is 17.9. The maximum Gasteiger partial charge on any atom is 0.115 e. The molecule has 2 heteroatoms. The molecule has 0 aliphatic heterocycles. The summed E-state index contributed by atoms with van der Waals surface area (Å²) in [5.41, 5.74) is 5.73. The summed E-state index contributed by atoms with van der Waals surface area (Å²) in [4.78, 5) is 0. The van der Waals surface area contributed by atoms with E-state index >= 15 is 0 Å². The number of rotatable bonds is 3. The Morgan fingerprint density at radius 2 is 1.58 bits per heavy atom. The van der Waals surface area contributed by atoms with E-state index in [-0.39, 0.29) is 5.75 Å². The minimum Gasteiger partial charge on any atom is -0.508 e. The van der Waals surface area contributed by atoms with Crippen molar-refractivity contribution >= 4 is 16.6 Å². The monoisotopic (exact) mass is 321 g/mol. The Kier molecular flexibility index (Phi) is 5.50. The largest absolute Gasteiger partial charge is 0.508 e. The Morgan fingerprint density at radius 1 is 1.00 bits per heavy atom. The fourth-order valence-electron chi connectivity index (χ4n) is 3.25. The van der Waals surface area contributed by atoms with Crippen LogP contribution in [0.3, 0.4) is 0 Å². The first-order chi connectivity index (χ1) is 11.5. The van der Waals surface area contributed by atoms with Crippen LogP contribution in [0.4, 0.5) is 0 Å². The van der Waals surface area contributed by atoms with E-state index in [4.69, 9.17) is 0 Å². The van der Waals surface area contributed by atoms with Crippen molar-refractivity contribution in [1.82, 2.24) is 4.57 Å². The molecule has 1 N–H and O–H groups in total. The molecule has 0 radical (unpaired) electrons. The molecule has 0 atom stereocenters. The Balaban J connectivity index is 0.00000100. The van der Waals surface area contributed by atoms with Crippen molar-refractivity contribution < 1.29 is 5.11 Å². The van der Waals surface area contributed by atoms with Crippen molar-refractivity contribution in [3.05, 3.63) is 71.9 Å². The van der Waals surface area contributed by atoms with E-state index in [9.17, 15) is 5.11 Å². The summed E-state index contributed by atoms with van der Waals surface area (Å²) < 4.78 is 2.22. The first kappa shape index (κ1) is 17.9. The van der Waals surface area contributed by atoms with Crippen LogP contribution in [-0.4, -0.2) is 9.67 Å². The lowest BCUT2D eigenvalue weighted by Gasteiger charge is -2.13. The first-order valence-electron chi connectivity index (χ1n) is 8.59. The Labute approximate surface area is 145 Å². The van der Waals surface area contributed by atoms with Crippen molar-refractivity contribution in [2.45, 2.75) is 40.5 Å². The van der Waals surface area contributed by atoms with Gasteiger partial charge in [0.2, 0.25) is 0 Å². The first-order valence-corrected chi connectivity index (χ1v) is 8.59. The molecule has 0 spiro atoms. The van der Waals surface area contributed by atoms with E-state index in [2.05, 4.69) is 56.2 Å². The Bertz CT molecular complexity index is 838. The predicted octanol–water partition coefficient (Wildman–Crippen LogP) is 6.32. The number of nitrogens with zero attached hydrogens (tertiary/aromatic N) is 1. The Hall–Kier alpha value is -2.48. The summed E-state index contributed by atoms with van der Waals surface area (Å²) >= 11 is 0. The van der Waals surface area contributed by atoms with Gasteiger partial charge in [-0.1, -0.05) is 52.5 Å². The number of phenolic OH excluding ortho intramolecular Hbond substituents is 1. The summed E-state index contributed by atoms with van der Waals surface area (Å²) in [6.07, 6.45) is 0. The second-order valence-corrected chi connectivity index (χ2v) is 6.00. The van der Waals surface area contributed by atoms with Crippen molar-refractivity contribution in [2.75, 3.05) is 0 Å². The molecule has 1 aromatic heterocycles. The SMILES string of the molecule is C=C(c1ccc(O)cc1)n1c(C)c(C(C)C)c2ccccc21.CC. The third kappa shape index (κ3) is 3.09. The average molecular weight is 321 g/mol. The summed E-state index contributed by atoms with van der Waals surface area (Å²) in [5, 5.41) is 10.8. The molecule has 2 nitrogen and oxygen atoms in total. The molecule has 0 amide bonds. The van der Waals surface area contributed by atoms with Gasteiger partial charge >= 0.3 is 0 Å². The van der Waals surface area contributed by atoms with Gasteiger partial charge in [0, 0.05) is 16.8 Å². The van der Waals surface area contributed by atoms with Crippen LogP contribution in [-0.2, 0) is 0 Å². The lowest BCUT2D eigenvalue weighted by Crippen LogP contribution is -2.01. The van der Waals surface area contributed by atoms with E-state index in [1.807, 2.05) is 26.0 Å². The molecule has 0 fully saturated rings. The molecular formula is C22H27NO. The van der Waals surface area contributed by atoms with E-state index < -0.39 is 0 Å². The standard InChI is InChI=1S/C20H21NO.C2H6/c1-13(2)20-15(4)21(19-8-6-5-7-18(19)20)14(3)16-9-11-17(22)12-10-16;1-2/h5-13,22H,3H2,1-2,4H3;1-2H3. The average Bonchev–Trinajstić information content (AvgIpc) is 2.88. The highest BCUT2D eigenvalue weighted by atomic mass is 16.3. The van der Waals surface area contributed by atoms with Gasteiger partial charge < -0.3 is 9.67 Å². The third-order valence-electron chi connectivity index (χ3n) is 4.21. The lowest BCUT2D eigenvalue weighted by molar-refractivity contribution is 0.475. The molecule has 0 saturated heterocycles. The minimum atomic E-state index is 0.272. The smallest absolute Gasteiger partial charge is 0.115 e. The summed E-state index contributed by atoms with van der Waals surface area (Å²) in [5.74, 6) is 0.729. The highest BCUT2D eigenvalue weighted by Gasteiger charge is 2.18. The molecule has 126 valence electrons. The van der Waals surface area contributed by atoms with Crippen LogP contribution in [0.25, 0.3) is 16.6 Å². The molecule has 1 heterocycles. The van der Waals surface area contributed by atoms with Gasteiger partial charge in [-0.05, 0) is 54.3 Å². The number of aromatic hydroxyl groups is 1. The van der Waals surface area contributed by atoms with Crippen LogP contribution in [0.15, 0.2) is 55.1 Å². The molecule has 3 rings (SSSR count). The fourth-order valence-corrected chi connectivity index (χ4v) is 3.25. The van der Waals surface area contributed by atoms with Crippen molar-refractivity contribution in [1.29, 1.82) is 0 Å². The number of hydrogen-bond donors (Lipinski definition) is 1. The molecule has 0 aliphatic rings. The van der Waals surface area contributed by atoms with Gasteiger partial charge in [-0.2, -0.15) is 0 Å². The summed E-state index contributed by atoms with van der Waals surface area (Å²) in [7, 11) is 0. The zero-order valence-electron chi connectivity index (χ0n) is 15.3. The molecule has 2 aromatic carbocycles. The van der Waals surface area contributed by atoms with Crippen molar-refractivity contribution in [3.8, 4) is 5.75 Å². The number of aromatic nitrogens is 1. The Morgan fingerprint density at radius 3 is 2.17 bits per heavy atom. The maximum atomic E-state index is 9.48. The van der Waals surface area contributed by atoms with E-state index in [1.54, 1.807) is 12.1 Å². The zero-order valence-corrected chi connectivity index (χ0v) is 15.3. The van der Waals surface area contributed by atoms with E-state index in [0.717, 1.165) is 11.3 Å². The van der Waals surface area contributed by atoms with Crippen LogP contribution in [0.5, 0.6) is 5.75 Å². The van der Waals surface area contributed by atoms with Crippen LogP contribution in [0.2, 0.25) is 0 Å². The van der Waals surface area contributed by atoms with Gasteiger partial charge in [0.15, 0.2) is 0 Å². The van der Waals surface area contributed by atoms with Crippen LogP contribution in [0.1, 0.15) is 50.4 Å². The minimum absolute atomic E-state index is 0.272. The van der Waals surface area contributed by atoms with Crippen LogP contribution in [0, 0.1) is 6.92 Å². The summed E-state index contributed by atoms with van der Waals surface area (Å²) in [6, 6.07) is 15.7. The van der Waals surface area contributed by atoms with Gasteiger partial charge in [0.1, 0.15) is 5.75 Å². The highest BCUT2D eigenvalue weighted by molar-refractivity contribution is 5.90.